The van der Waals surface area contributed by atoms with Crippen LogP contribution < -0.4 is 20.1 Å². The van der Waals surface area contributed by atoms with E-state index in [4.69, 9.17) is 14.2 Å². The molecule has 1 rings (SSSR count). The van der Waals surface area contributed by atoms with E-state index < -0.39 is 0 Å². The molecule has 0 unspecified atom stereocenters. The standard InChI is InChI=1S/C17H29N3O3.HI/c1-5-18-17(19-10-7-11-21-3)20-13-14-8-9-15(23-6-2)16(12-14)22-4;/h8-9,12H,5-7,10-11,13H2,1-4H3,(H2,18,19,20);1H. The summed E-state index contributed by atoms with van der Waals surface area (Å²) in [5, 5.41) is 6.52. The number of guanidine groups is 1. The first-order chi connectivity index (χ1) is 11.2. The van der Waals surface area contributed by atoms with Crippen molar-refractivity contribution in [3.8, 4) is 11.5 Å². The second kappa shape index (κ2) is 14.2. The molecule has 0 aliphatic rings. The zero-order chi connectivity index (χ0) is 16.9. The summed E-state index contributed by atoms with van der Waals surface area (Å²) in [7, 11) is 3.35. The van der Waals surface area contributed by atoms with Gasteiger partial charge in [-0.3, -0.25) is 0 Å². The Morgan fingerprint density at radius 1 is 1.12 bits per heavy atom. The van der Waals surface area contributed by atoms with Gasteiger partial charge in [0.05, 0.1) is 20.3 Å². The van der Waals surface area contributed by atoms with Gasteiger partial charge in [0, 0.05) is 26.8 Å². The summed E-state index contributed by atoms with van der Waals surface area (Å²) in [5.41, 5.74) is 1.07. The molecular formula is C17H30IN3O3. The van der Waals surface area contributed by atoms with Gasteiger partial charge in [-0.2, -0.15) is 0 Å². The molecule has 24 heavy (non-hydrogen) atoms. The summed E-state index contributed by atoms with van der Waals surface area (Å²) >= 11 is 0. The van der Waals surface area contributed by atoms with Gasteiger partial charge in [0.15, 0.2) is 17.5 Å². The normalized spacial score (nSPS) is 10.8. The minimum absolute atomic E-state index is 0. The summed E-state index contributed by atoms with van der Waals surface area (Å²) in [4.78, 5) is 4.59. The molecule has 6 nitrogen and oxygen atoms in total. The molecule has 0 saturated carbocycles. The van der Waals surface area contributed by atoms with Crippen LogP contribution in [0.1, 0.15) is 25.8 Å². The van der Waals surface area contributed by atoms with Crippen LogP contribution in [0.15, 0.2) is 23.2 Å². The van der Waals surface area contributed by atoms with E-state index in [1.54, 1.807) is 14.2 Å². The van der Waals surface area contributed by atoms with Crippen LogP contribution in [0.3, 0.4) is 0 Å². The zero-order valence-electron chi connectivity index (χ0n) is 15.1. The Morgan fingerprint density at radius 3 is 2.54 bits per heavy atom. The average Bonchev–Trinajstić information content (AvgIpc) is 2.57. The maximum atomic E-state index is 5.53. The minimum atomic E-state index is 0. The lowest BCUT2D eigenvalue weighted by Gasteiger charge is -2.12. The Bertz CT molecular complexity index is 484. The fraction of sp³-hybridized carbons (Fsp3) is 0.588. The molecule has 0 bridgehead atoms. The molecule has 138 valence electrons. The first-order valence-electron chi connectivity index (χ1n) is 8.05. The molecule has 0 aliphatic carbocycles. The van der Waals surface area contributed by atoms with Gasteiger partial charge in [0.25, 0.3) is 0 Å². The molecule has 0 amide bonds. The lowest BCUT2D eigenvalue weighted by molar-refractivity contribution is 0.195. The van der Waals surface area contributed by atoms with Crippen LogP contribution >= 0.6 is 24.0 Å². The predicted octanol–water partition coefficient (Wildman–Crippen LogP) is 2.80. The highest BCUT2D eigenvalue weighted by molar-refractivity contribution is 14.0. The van der Waals surface area contributed by atoms with Crippen LogP contribution in [-0.4, -0.2) is 46.5 Å². The number of halogens is 1. The Balaban J connectivity index is 0.00000529. The van der Waals surface area contributed by atoms with E-state index in [1.165, 1.54) is 0 Å². The molecule has 7 heteroatoms. The highest BCUT2D eigenvalue weighted by atomic mass is 127. The molecule has 0 atom stereocenters. The lowest BCUT2D eigenvalue weighted by atomic mass is 10.2. The molecule has 0 radical (unpaired) electrons. The van der Waals surface area contributed by atoms with Crippen molar-refractivity contribution in [1.29, 1.82) is 0 Å². The first kappa shape index (κ1) is 22.8. The molecule has 0 aliphatic heterocycles. The molecule has 0 aromatic heterocycles. The van der Waals surface area contributed by atoms with Crippen molar-refractivity contribution in [3.63, 3.8) is 0 Å². The van der Waals surface area contributed by atoms with Gasteiger partial charge in [-0.1, -0.05) is 6.07 Å². The summed E-state index contributed by atoms with van der Waals surface area (Å²) in [6.45, 7) is 7.57. The number of ether oxygens (including phenoxy) is 3. The zero-order valence-corrected chi connectivity index (χ0v) is 17.4. The quantitative estimate of drug-likeness (QED) is 0.248. The summed E-state index contributed by atoms with van der Waals surface area (Å²) < 4.78 is 15.9. The van der Waals surface area contributed by atoms with Crippen LogP contribution in [0.5, 0.6) is 11.5 Å². The number of nitrogens with one attached hydrogen (secondary N) is 2. The second-order valence-electron chi connectivity index (χ2n) is 4.89. The largest absolute Gasteiger partial charge is 0.493 e. The molecule has 0 fully saturated rings. The monoisotopic (exact) mass is 451 g/mol. The van der Waals surface area contributed by atoms with Gasteiger partial charge < -0.3 is 24.8 Å². The van der Waals surface area contributed by atoms with Crippen LogP contribution in [0, 0.1) is 0 Å². The van der Waals surface area contributed by atoms with Gasteiger partial charge >= 0.3 is 0 Å². The van der Waals surface area contributed by atoms with Crippen molar-refractivity contribution in [2.75, 3.05) is 40.5 Å². The van der Waals surface area contributed by atoms with Gasteiger partial charge in [-0.15, -0.1) is 24.0 Å². The van der Waals surface area contributed by atoms with Crippen molar-refractivity contribution < 1.29 is 14.2 Å². The average molecular weight is 451 g/mol. The molecule has 0 saturated heterocycles. The number of nitrogens with zero attached hydrogens (tertiary/aromatic N) is 1. The van der Waals surface area contributed by atoms with Crippen LogP contribution in [0.25, 0.3) is 0 Å². The number of methoxy groups -OCH3 is 2. The number of benzene rings is 1. The second-order valence-corrected chi connectivity index (χ2v) is 4.89. The minimum Gasteiger partial charge on any atom is -0.493 e. The van der Waals surface area contributed by atoms with E-state index in [0.717, 1.165) is 49.1 Å². The fourth-order valence-electron chi connectivity index (χ4n) is 2.02. The van der Waals surface area contributed by atoms with Crippen molar-refractivity contribution in [3.05, 3.63) is 23.8 Å². The molecule has 2 N–H and O–H groups in total. The first-order valence-corrected chi connectivity index (χ1v) is 8.05. The molecular weight excluding hydrogens is 421 g/mol. The van der Waals surface area contributed by atoms with Crippen molar-refractivity contribution in [2.45, 2.75) is 26.8 Å². The topological polar surface area (TPSA) is 64.1 Å². The Kier molecular flexibility index (Phi) is 13.4. The van der Waals surface area contributed by atoms with E-state index in [2.05, 4.69) is 15.6 Å². The van der Waals surface area contributed by atoms with Crippen LogP contribution in [-0.2, 0) is 11.3 Å². The van der Waals surface area contributed by atoms with E-state index in [0.29, 0.717) is 13.2 Å². The molecule has 1 aromatic rings. The maximum absolute atomic E-state index is 5.53. The Labute approximate surface area is 162 Å². The highest BCUT2D eigenvalue weighted by Crippen LogP contribution is 2.28. The molecule has 0 heterocycles. The smallest absolute Gasteiger partial charge is 0.191 e. The summed E-state index contributed by atoms with van der Waals surface area (Å²) in [6.07, 6.45) is 0.942. The van der Waals surface area contributed by atoms with Crippen LogP contribution in [0.2, 0.25) is 0 Å². The number of rotatable bonds is 10. The third-order valence-corrected chi connectivity index (χ3v) is 3.11. The van der Waals surface area contributed by atoms with Crippen molar-refractivity contribution in [1.82, 2.24) is 10.6 Å². The highest BCUT2D eigenvalue weighted by Gasteiger charge is 2.05. The lowest BCUT2D eigenvalue weighted by Crippen LogP contribution is -2.38. The fourth-order valence-corrected chi connectivity index (χ4v) is 2.02. The number of hydrogen-bond donors (Lipinski definition) is 2. The SMILES string of the molecule is CCNC(=NCc1ccc(OCC)c(OC)c1)NCCCOC.I. The molecule has 1 aromatic carbocycles. The van der Waals surface area contributed by atoms with Gasteiger partial charge in [-0.05, 0) is 38.0 Å². The van der Waals surface area contributed by atoms with Crippen molar-refractivity contribution in [2.24, 2.45) is 4.99 Å². The third-order valence-electron chi connectivity index (χ3n) is 3.11. The van der Waals surface area contributed by atoms with Gasteiger partial charge in [0.2, 0.25) is 0 Å². The van der Waals surface area contributed by atoms with E-state index in [1.807, 2.05) is 32.0 Å². The third kappa shape index (κ3) is 8.58. The maximum Gasteiger partial charge on any atom is 0.191 e. The van der Waals surface area contributed by atoms with E-state index >= 15 is 0 Å². The van der Waals surface area contributed by atoms with E-state index in [9.17, 15) is 0 Å². The number of hydrogen-bond acceptors (Lipinski definition) is 4. The number of aliphatic imine (C=N–C) groups is 1. The Morgan fingerprint density at radius 2 is 1.92 bits per heavy atom. The van der Waals surface area contributed by atoms with E-state index in [-0.39, 0.29) is 24.0 Å². The predicted molar refractivity (Wildman–Crippen MR) is 109 cm³/mol. The Hall–Kier alpha value is -1.22. The van der Waals surface area contributed by atoms with Crippen molar-refractivity contribution >= 4 is 29.9 Å². The summed E-state index contributed by atoms with van der Waals surface area (Å²) in [6, 6.07) is 5.89. The van der Waals surface area contributed by atoms with Crippen LogP contribution in [0.4, 0.5) is 0 Å². The summed E-state index contributed by atoms with van der Waals surface area (Å²) in [5.74, 6) is 2.29. The molecule has 0 spiro atoms. The van der Waals surface area contributed by atoms with Gasteiger partial charge in [-0.25, -0.2) is 4.99 Å². The van der Waals surface area contributed by atoms with Gasteiger partial charge in [0.1, 0.15) is 0 Å².